The smallest absolute Gasteiger partial charge is 0.225 e. The summed E-state index contributed by atoms with van der Waals surface area (Å²) in [6, 6.07) is 2.12. The summed E-state index contributed by atoms with van der Waals surface area (Å²) < 4.78 is 5.33. The number of hydrogen-bond acceptors (Lipinski definition) is 3. The first-order chi connectivity index (χ1) is 9.78. The van der Waals surface area contributed by atoms with Crippen LogP contribution in [0.25, 0.3) is 0 Å². The summed E-state index contributed by atoms with van der Waals surface area (Å²) in [7, 11) is 0. The Morgan fingerprint density at radius 3 is 2.75 bits per heavy atom. The number of hydrogen-bond donors (Lipinski definition) is 0. The number of nitriles is 1. The van der Waals surface area contributed by atoms with Crippen LogP contribution >= 0.6 is 0 Å². The Bertz CT molecular complexity index is 404. The van der Waals surface area contributed by atoms with Gasteiger partial charge in [0.15, 0.2) is 6.10 Å². The quantitative estimate of drug-likeness (QED) is 0.738. The van der Waals surface area contributed by atoms with E-state index in [1.54, 1.807) is 0 Å². The third-order valence-electron chi connectivity index (χ3n) is 5.41. The zero-order valence-corrected chi connectivity index (χ0v) is 12.1. The highest BCUT2D eigenvalue weighted by atomic mass is 16.5. The first-order valence-electron chi connectivity index (χ1n) is 8.08. The van der Waals surface area contributed by atoms with Crippen LogP contribution in [0.1, 0.15) is 44.9 Å². The van der Waals surface area contributed by atoms with Gasteiger partial charge >= 0.3 is 0 Å². The second-order valence-corrected chi connectivity index (χ2v) is 6.59. The van der Waals surface area contributed by atoms with E-state index in [1.165, 1.54) is 32.1 Å². The third kappa shape index (κ3) is 2.83. The number of rotatable bonds is 1. The molecule has 1 aliphatic heterocycles. The van der Waals surface area contributed by atoms with E-state index in [0.717, 1.165) is 24.7 Å². The summed E-state index contributed by atoms with van der Waals surface area (Å²) in [5.74, 6) is 2.13. The van der Waals surface area contributed by atoms with Crippen molar-refractivity contribution in [3.63, 3.8) is 0 Å². The lowest BCUT2D eigenvalue weighted by Gasteiger charge is -2.41. The Balaban J connectivity index is 1.58. The molecular weight excluding hydrogens is 252 g/mol. The minimum atomic E-state index is -0.432. The highest BCUT2D eigenvalue weighted by molar-refractivity contribution is 5.79. The van der Waals surface area contributed by atoms with Crippen molar-refractivity contribution in [2.24, 2.45) is 17.8 Å². The van der Waals surface area contributed by atoms with Gasteiger partial charge in [-0.3, -0.25) is 4.79 Å². The van der Waals surface area contributed by atoms with Gasteiger partial charge in [-0.05, 0) is 31.1 Å². The second kappa shape index (κ2) is 6.13. The molecule has 110 valence electrons. The number of carbonyl (C=O) groups is 1. The van der Waals surface area contributed by atoms with Crippen LogP contribution in [0.4, 0.5) is 0 Å². The van der Waals surface area contributed by atoms with E-state index in [1.807, 2.05) is 4.90 Å². The molecule has 4 atom stereocenters. The van der Waals surface area contributed by atoms with Crippen molar-refractivity contribution in [3.05, 3.63) is 0 Å². The van der Waals surface area contributed by atoms with E-state index in [4.69, 9.17) is 10.00 Å². The largest absolute Gasteiger partial charge is 0.360 e. The number of ether oxygens (including phenoxy) is 1. The maximum absolute atomic E-state index is 12.7. The van der Waals surface area contributed by atoms with Crippen LogP contribution in [0.5, 0.6) is 0 Å². The minimum absolute atomic E-state index is 0.201. The molecule has 3 aliphatic rings. The zero-order valence-electron chi connectivity index (χ0n) is 12.1. The molecule has 2 aliphatic carbocycles. The van der Waals surface area contributed by atoms with Gasteiger partial charge in [-0.2, -0.15) is 5.26 Å². The highest BCUT2D eigenvalue weighted by Gasteiger charge is 2.37. The average molecular weight is 276 g/mol. The fourth-order valence-electron chi connectivity index (χ4n) is 4.28. The minimum Gasteiger partial charge on any atom is -0.360 e. The van der Waals surface area contributed by atoms with Crippen molar-refractivity contribution in [3.8, 4) is 6.07 Å². The van der Waals surface area contributed by atoms with Crippen molar-refractivity contribution in [1.82, 2.24) is 4.90 Å². The van der Waals surface area contributed by atoms with Gasteiger partial charge in [0, 0.05) is 12.5 Å². The lowest BCUT2D eigenvalue weighted by Crippen LogP contribution is -2.48. The number of nitrogens with zero attached hydrogens (tertiary/aromatic N) is 2. The predicted octanol–water partition coefficient (Wildman–Crippen LogP) is 2.34. The molecule has 0 N–H and O–H groups in total. The van der Waals surface area contributed by atoms with Gasteiger partial charge in [-0.25, -0.2) is 0 Å². The second-order valence-electron chi connectivity index (χ2n) is 6.59. The van der Waals surface area contributed by atoms with Crippen molar-refractivity contribution in [2.45, 2.75) is 51.0 Å². The monoisotopic (exact) mass is 276 g/mol. The van der Waals surface area contributed by atoms with Gasteiger partial charge in [-0.1, -0.05) is 25.7 Å². The van der Waals surface area contributed by atoms with Gasteiger partial charge in [0.05, 0.1) is 19.2 Å². The summed E-state index contributed by atoms with van der Waals surface area (Å²) in [6.45, 7) is 1.62. The summed E-state index contributed by atoms with van der Waals surface area (Å²) >= 11 is 0. The number of morpholine rings is 1. The van der Waals surface area contributed by atoms with Crippen molar-refractivity contribution in [2.75, 3.05) is 19.7 Å². The van der Waals surface area contributed by atoms with Crippen LogP contribution in [0.15, 0.2) is 0 Å². The van der Waals surface area contributed by atoms with Gasteiger partial charge < -0.3 is 9.64 Å². The van der Waals surface area contributed by atoms with Crippen LogP contribution in [-0.4, -0.2) is 36.6 Å². The first kappa shape index (κ1) is 13.9. The van der Waals surface area contributed by atoms with Crippen molar-refractivity contribution < 1.29 is 9.53 Å². The molecule has 0 aromatic heterocycles. The Morgan fingerprint density at radius 2 is 1.95 bits per heavy atom. The van der Waals surface area contributed by atoms with Crippen LogP contribution in [-0.2, 0) is 9.53 Å². The van der Waals surface area contributed by atoms with Crippen molar-refractivity contribution in [1.29, 1.82) is 5.26 Å². The van der Waals surface area contributed by atoms with Crippen LogP contribution in [0.2, 0.25) is 0 Å². The molecule has 1 amide bonds. The lowest BCUT2D eigenvalue weighted by molar-refractivity contribution is -0.143. The van der Waals surface area contributed by atoms with E-state index < -0.39 is 6.10 Å². The molecule has 0 aromatic rings. The summed E-state index contributed by atoms with van der Waals surface area (Å²) in [5, 5.41) is 8.94. The average Bonchev–Trinajstić information content (AvgIpc) is 2.53. The van der Waals surface area contributed by atoms with Gasteiger partial charge in [0.25, 0.3) is 0 Å². The predicted molar refractivity (Wildman–Crippen MR) is 74.7 cm³/mol. The molecule has 0 aromatic carbocycles. The maximum Gasteiger partial charge on any atom is 0.225 e. The highest BCUT2D eigenvalue weighted by Crippen LogP contribution is 2.43. The van der Waals surface area contributed by atoms with Crippen molar-refractivity contribution >= 4 is 5.91 Å². The fraction of sp³-hybridized carbons (Fsp3) is 0.875. The molecular formula is C16H24N2O2. The molecule has 20 heavy (non-hydrogen) atoms. The first-order valence-corrected chi connectivity index (χ1v) is 8.08. The molecule has 3 fully saturated rings. The Labute approximate surface area is 121 Å². The molecule has 4 nitrogen and oxygen atoms in total. The Kier molecular flexibility index (Phi) is 4.26. The van der Waals surface area contributed by atoms with E-state index in [2.05, 4.69) is 6.07 Å². The molecule has 3 rings (SSSR count). The van der Waals surface area contributed by atoms with Gasteiger partial charge in [0.2, 0.25) is 5.91 Å². The van der Waals surface area contributed by atoms with Crippen LogP contribution in [0.3, 0.4) is 0 Å². The van der Waals surface area contributed by atoms with E-state index >= 15 is 0 Å². The van der Waals surface area contributed by atoms with E-state index in [-0.39, 0.29) is 11.8 Å². The fourth-order valence-corrected chi connectivity index (χ4v) is 4.28. The Morgan fingerprint density at radius 1 is 1.15 bits per heavy atom. The van der Waals surface area contributed by atoms with Crippen LogP contribution in [0, 0.1) is 29.1 Å². The number of carbonyl (C=O) groups excluding carboxylic acids is 1. The molecule has 0 bridgehead atoms. The SMILES string of the molecule is N#C[C@@H]1CN(C(=O)[C@@H]2CC[C@H]3CCCC[C@@H]3C2)CCO1. The molecule has 2 saturated carbocycles. The number of fused-ring (bicyclic) bond motifs is 1. The van der Waals surface area contributed by atoms with Gasteiger partial charge in [0.1, 0.15) is 0 Å². The molecule has 1 saturated heterocycles. The van der Waals surface area contributed by atoms with E-state index in [9.17, 15) is 4.79 Å². The summed E-state index contributed by atoms with van der Waals surface area (Å²) in [6.07, 6.45) is 8.35. The molecule has 0 spiro atoms. The topological polar surface area (TPSA) is 53.3 Å². The Hall–Kier alpha value is -1.08. The molecule has 0 unspecified atom stereocenters. The molecule has 4 heteroatoms. The lowest BCUT2D eigenvalue weighted by atomic mass is 9.67. The zero-order chi connectivity index (χ0) is 13.9. The standard InChI is InChI=1S/C16H24N2O2/c17-10-15-11-18(7-8-20-15)16(19)14-6-5-12-3-1-2-4-13(12)9-14/h12-15H,1-9,11H2/t12-,13-,14-,15-/m1/s1. The van der Waals surface area contributed by atoms with Crippen LogP contribution < -0.4 is 0 Å². The molecule has 0 radical (unpaired) electrons. The number of amides is 1. The summed E-state index contributed by atoms with van der Waals surface area (Å²) in [4.78, 5) is 14.5. The molecule has 1 heterocycles. The summed E-state index contributed by atoms with van der Waals surface area (Å²) in [5.41, 5.74) is 0. The normalized spacial score (nSPS) is 37.9. The van der Waals surface area contributed by atoms with E-state index in [0.29, 0.717) is 19.7 Å². The third-order valence-corrected chi connectivity index (χ3v) is 5.41. The van der Waals surface area contributed by atoms with Gasteiger partial charge in [-0.15, -0.1) is 0 Å². The maximum atomic E-state index is 12.7.